The van der Waals surface area contributed by atoms with E-state index in [0.29, 0.717) is 11.3 Å². The molecule has 0 radical (unpaired) electrons. The minimum absolute atomic E-state index is 0.386. The minimum Gasteiger partial charge on any atom is -0.319 e. The Bertz CT molecular complexity index is 892. The van der Waals surface area contributed by atoms with Gasteiger partial charge < -0.3 is 5.32 Å². The van der Waals surface area contributed by atoms with E-state index in [4.69, 9.17) is 0 Å². The van der Waals surface area contributed by atoms with Gasteiger partial charge in [0, 0.05) is 34.3 Å². The fourth-order valence-corrected chi connectivity index (χ4v) is 3.14. The standard InChI is InChI=1S/C21H18N2O2S/c1-15-4-6-17(7-5-15)20(24)21(25)23-18-8-10-19(11-9-18)26-14-16-3-2-12-22-13-16/h2-13H,14H2,1H3,(H,23,25). The van der Waals surface area contributed by atoms with Gasteiger partial charge in [-0.05, 0) is 42.8 Å². The monoisotopic (exact) mass is 362 g/mol. The van der Waals surface area contributed by atoms with E-state index in [-0.39, 0.29) is 0 Å². The number of ketones is 1. The molecule has 5 heteroatoms. The average Bonchev–Trinajstić information content (AvgIpc) is 2.68. The summed E-state index contributed by atoms with van der Waals surface area (Å²) in [6.07, 6.45) is 3.60. The first kappa shape index (κ1) is 17.9. The van der Waals surface area contributed by atoms with Crippen molar-refractivity contribution in [3.63, 3.8) is 0 Å². The van der Waals surface area contributed by atoms with Gasteiger partial charge in [0.2, 0.25) is 0 Å². The molecule has 3 rings (SSSR count). The first-order chi connectivity index (χ1) is 12.6. The summed E-state index contributed by atoms with van der Waals surface area (Å²) in [5.74, 6) is -0.351. The number of pyridine rings is 1. The van der Waals surface area contributed by atoms with Crippen molar-refractivity contribution in [2.45, 2.75) is 17.6 Å². The van der Waals surface area contributed by atoms with E-state index in [1.807, 2.05) is 49.5 Å². The summed E-state index contributed by atoms with van der Waals surface area (Å²) < 4.78 is 0. The van der Waals surface area contributed by atoms with Crippen LogP contribution in [-0.4, -0.2) is 16.7 Å². The maximum Gasteiger partial charge on any atom is 0.296 e. The third-order valence-corrected chi connectivity index (χ3v) is 4.84. The van der Waals surface area contributed by atoms with Gasteiger partial charge in [0.05, 0.1) is 0 Å². The smallest absolute Gasteiger partial charge is 0.296 e. The number of hydrogen-bond donors (Lipinski definition) is 1. The van der Waals surface area contributed by atoms with Gasteiger partial charge in [-0.2, -0.15) is 0 Å². The molecule has 4 nitrogen and oxygen atoms in total. The summed E-state index contributed by atoms with van der Waals surface area (Å²) in [7, 11) is 0. The van der Waals surface area contributed by atoms with Gasteiger partial charge in [-0.15, -0.1) is 11.8 Å². The lowest BCUT2D eigenvalue weighted by Crippen LogP contribution is -2.22. The summed E-state index contributed by atoms with van der Waals surface area (Å²) in [6, 6.07) is 18.3. The summed E-state index contributed by atoms with van der Waals surface area (Å²) in [5, 5.41) is 2.65. The lowest BCUT2D eigenvalue weighted by molar-refractivity contribution is -0.112. The van der Waals surface area contributed by atoms with Crippen LogP contribution in [0.1, 0.15) is 21.5 Å². The van der Waals surface area contributed by atoms with Crippen LogP contribution in [0.25, 0.3) is 0 Å². The maximum atomic E-state index is 12.2. The van der Waals surface area contributed by atoms with Crippen molar-refractivity contribution in [2.75, 3.05) is 5.32 Å². The molecule has 0 unspecified atom stereocenters. The molecule has 2 aromatic carbocycles. The van der Waals surface area contributed by atoms with E-state index in [1.54, 1.807) is 42.2 Å². The van der Waals surface area contributed by atoms with Crippen LogP contribution in [0.3, 0.4) is 0 Å². The lowest BCUT2D eigenvalue weighted by Gasteiger charge is -2.06. The Morgan fingerprint density at radius 2 is 1.73 bits per heavy atom. The Labute approximate surface area is 156 Å². The number of nitrogens with one attached hydrogen (secondary N) is 1. The van der Waals surface area contributed by atoms with Crippen LogP contribution in [0.4, 0.5) is 5.69 Å². The molecule has 0 fully saturated rings. The van der Waals surface area contributed by atoms with Crippen molar-refractivity contribution in [1.29, 1.82) is 0 Å². The number of hydrogen-bond acceptors (Lipinski definition) is 4. The number of benzene rings is 2. The van der Waals surface area contributed by atoms with Crippen molar-refractivity contribution >= 4 is 29.1 Å². The highest BCUT2D eigenvalue weighted by atomic mass is 32.2. The first-order valence-electron chi connectivity index (χ1n) is 8.16. The number of anilines is 1. The Hall–Kier alpha value is -2.92. The summed E-state index contributed by atoms with van der Waals surface area (Å²) in [4.78, 5) is 29.5. The quantitative estimate of drug-likeness (QED) is 0.398. The topological polar surface area (TPSA) is 59.1 Å². The summed E-state index contributed by atoms with van der Waals surface area (Å²) in [6.45, 7) is 1.93. The molecule has 0 saturated carbocycles. The van der Waals surface area contributed by atoms with Gasteiger partial charge in [0.1, 0.15) is 0 Å². The minimum atomic E-state index is -0.635. The molecule has 0 saturated heterocycles. The van der Waals surface area contributed by atoms with E-state index in [1.165, 1.54) is 0 Å². The molecule has 0 aliphatic carbocycles. The molecular formula is C21H18N2O2S. The fraction of sp³-hybridized carbons (Fsp3) is 0.0952. The normalized spacial score (nSPS) is 10.3. The van der Waals surface area contributed by atoms with Crippen LogP contribution < -0.4 is 5.32 Å². The van der Waals surface area contributed by atoms with Crippen molar-refractivity contribution in [3.8, 4) is 0 Å². The van der Waals surface area contributed by atoms with E-state index in [0.717, 1.165) is 21.8 Å². The van der Waals surface area contributed by atoms with Gasteiger partial charge in [0.25, 0.3) is 11.7 Å². The molecule has 1 amide bonds. The zero-order chi connectivity index (χ0) is 18.4. The molecule has 0 spiro atoms. The number of carbonyl (C=O) groups excluding carboxylic acids is 2. The van der Waals surface area contributed by atoms with Gasteiger partial charge in [-0.25, -0.2) is 0 Å². The molecule has 1 N–H and O–H groups in total. The van der Waals surface area contributed by atoms with Crippen LogP contribution in [0, 0.1) is 6.92 Å². The second-order valence-corrected chi connectivity index (χ2v) is 6.87. The van der Waals surface area contributed by atoms with Crippen molar-refractivity contribution in [2.24, 2.45) is 0 Å². The number of aromatic nitrogens is 1. The van der Waals surface area contributed by atoms with Gasteiger partial charge in [-0.1, -0.05) is 35.9 Å². The third kappa shape index (κ3) is 4.80. The number of amides is 1. The molecule has 26 heavy (non-hydrogen) atoms. The maximum absolute atomic E-state index is 12.2. The highest BCUT2D eigenvalue weighted by Crippen LogP contribution is 2.24. The van der Waals surface area contributed by atoms with Crippen LogP contribution in [0.15, 0.2) is 78.0 Å². The van der Waals surface area contributed by atoms with Crippen LogP contribution in [-0.2, 0) is 10.5 Å². The van der Waals surface area contributed by atoms with Crippen molar-refractivity contribution in [1.82, 2.24) is 4.98 Å². The fourth-order valence-electron chi connectivity index (χ4n) is 2.31. The van der Waals surface area contributed by atoms with Crippen molar-refractivity contribution < 1.29 is 9.59 Å². The molecular weight excluding hydrogens is 344 g/mol. The van der Waals surface area contributed by atoms with Gasteiger partial charge in [-0.3, -0.25) is 14.6 Å². The second kappa shape index (κ2) is 8.45. The largest absolute Gasteiger partial charge is 0.319 e. The van der Waals surface area contributed by atoms with E-state index < -0.39 is 11.7 Å². The molecule has 0 aliphatic heterocycles. The number of thioether (sulfide) groups is 1. The predicted molar refractivity (Wildman–Crippen MR) is 104 cm³/mol. The van der Waals surface area contributed by atoms with Gasteiger partial charge in [0.15, 0.2) is 0 Å². The molecule has 1 heterocycles. The van der Waals surface area contributed by atoms with E-state index in [9.17, 15) is 9.59 Å². The van der Waals surface area contributed by atoms with Crippen molar-refractivity contribution in [3.05, 3.63) is 89.7 Å². The predicted octanol–water partition coefficient (Wildman–Crippen LogP) is 4.50. The zero-order valence-electron chi connectivity index (χ0n) is 14.3. The van der Waals surface area contributed by atoms with Gasteiger partial charge >= 0.3 is 0 Å². The van der Waals surface area contributed by atoms with E-state index >= 15 is 0 Å². The number of Topliss-reactive ketones (excluding diaryl/α,β-unsaturated/α-hetero) is 1. The molecule has 0 aliphatic rings. The molecule has 1 aromatic heterocycles. The summed E-state index contributed by atoms with van der Waals surface area (Å²) >= 11 is 1.69. The Morgan fingerprint density at radius 1 is 1.00 bits per heavy atom. The highest BCUT2D eigenvalue weighted by Gasteiger charge is 2.16. The second-order valence-electron chi connectivity index (χ2n) is 5.82. The third-order valence-electron chi connectivity index (χ3n) is 3.76. The number of carbonyl (C=O) groups is 2. The average molecular weight is 362 g/mol. The summed E-state index contributed by atoms with van der Waals surface area (Å²) in [5.41, 5.74) is 3.18. The van der Waals surface area contributed by atoms with Crippen LogP contribution in [0.5, 0.6) is 0 Å². The Kier molecular flexibility index (Phi) is 5.81. The van der Waals surface area contributed by atoms with E-state index in [2.05, 4.69) is 10.3 Å². The zero-order valence-corrected chi connectivity index (χ0v) is 15.1. The Morgan fingerprint density at radius 3 is 2.38 bits per heavy atom. The highest BCUT2D eigenvalue weighted by molar-refractivity contribution is 7.98. The molecule has 0 atom stereocenters. The Balaban J connectivity index is 1.57. The van der Waals surface area contributed by atoms with Crippen LogP contribution in [0.2, 0.25) is 0 Å². The molecule has 0 bridgehead atoms. The number of aryl methyl sites for hydroxylation is 1. The molecule has 130 valence electrons. The SMILES string of the molecule is Cc1ccc(C(=O)C(=O)Nc2ccc(SCc3cccnc3)cc2)cc1. The lowest BCUT2D eigenvalue weighted by atomic mass is 10.1. The van der Waals surface area contributed by atoms with Crippen LogP contribution >= 0.6 is 11.8 Å². The number of rotatable bonds is 6. The first-order valence-corrected chi connectivity index (χ1v) is 9.14. The molecule has 3 aromatic rings. The number of nitrogens with zero attached hydrogens (tertiary/aromatic N) is 1.